The van der Waals surface area contributed by atoms with Crippen LogP contribution in [0.3, 0.4) is 0 Å². The zero-order valence-electron chi connectivity index (χ0n) is 11.7. The molecule has 0 saturated carbocycles. The molecule has 0 bridgehead atoms. The van der Waals surface area contributed by atoms with Crippen LogP contribution < -0.4 is 10.1 Å². The normalized spacial score (nSPS) is 10.3. The SMILES string of the molecule is Cn1cc(CNc2ccc(Oc3ccccc3)cn2)cn1. The highest BCUT2D eigenvalue weighted by molar-refractivity contribution is 5.39. The summed E-state index contributed by atoms with van der Waals surface area (Å²) in [6.07, 6.45) is 5.51. The van der Waals surface area contributed by atoms with Crippen LogP contribution in [0.25, 0.3) is 0 Å². The van der Waals surface area contributed by atoms with Gasteiger partial charge in [0.05, 0.1) is 12.4 Å². The summed E-state index contributed by atoms with van der Waals surface area (Å²) in [6.45, 7) is 0.694. The fourth-order valence-corrected chi connectivity index (χ4v) is 1.93. The first-order chi connectivity index (χ1) is 10.3. The number of anilines is 1. The molecule has 1 N–H and O–H groups in total. The third kappa shape index (κ3) is 3.60. The highest BCUT2D eigenvalue weighted by Crippen LogP contribution is 2.20. The van der Waals surface area contributed by atoms with E-state index in [-0.39, 0.29) is 0 Å². The summed E-state index contributed by atoms with van der Waals surface area (Å²) >= 11 is 0. The van der Waals surface area contributed by atoms with Gasteiger partial charge in [-0.05, 0) is 24.3 Å². The Hall–Kier alpha value is -2.82. The highest BCUT2D eigenvalue weighted by atomic mass is 16.5. The van der Waals surface area contributed by atoms with Crippen LogP contribution in [0.4, 0.5) is 5.82 Å². The summed E-state index contributed by atoms with van der Waals surface area (Å²) in [4.78, 5) is 4.33. The molecule has 5 nitrogen and oxygen atoms in total. The zero-order chi connectivity index (χ0) is 14.5. The van der Waals surface area contributed by atoms with Crippen molar-refractivity contribution >= 4 is 5.82 Å². The van der Waals surface area contributed by atoms with E-state index in [1.165, 1.54) is 0 Å². The van der Waals surface area contributed by atoms with Gasteiger partial charge in [-0.3, -0.25) is 4.68 Å². The van der Waals surface area contributed by atoms with Crippen LogP contribution in [0.15, 0.2) is 61.1 Å². The number of nitrogens with zero attached hydrogens (tertiary/aromatic N) is 3. The van der Waals surface area contributed by atoms with Crippen LogP contribution in [0.2, 0.25) is 0 Å². The van der Waals surface area contributed by atoms with Crippen molar-refractivity contribution in [3.05, 3.63) is 66.6 Å². The van der Waals surface area contributed by atoms with E-state index in [9.17, 15) is 0 Å². The van der Waals surface area contributed by atoms with E-state index in [2.05, 4.69) is 15.4 Å². The fourth-order valence-electron chi connectivity index (χ4n) is 1.93. The molecule has 21 heavy (non-hydrogen) atoms. The van der Waals surface area contributed by atoms with Crippen molar-refractivity contribution in [3.63, 3.8) is 0 Å². The van der Waals surface area contributed by atoms with Crippen LogP contribution in [-0.4, -0.2) is 14.8 Å². The maximum absolute atomic E-state index is 5.70. The first-order valence-electron chi connectivity index (χ1n) is 6.70. The predicted molar refractivity (Wildman–Crippen MR) is 81.3 cm³/mol. The maximum atomic E-state index is 5.70. The first-order valence-corrected chi connectivity index (χ1v) is 6.70. The van der Waals surface area contributed by atoms with Gasteiger partial charge in [0, 0.05) is 25.4 Å². The van der Waals surface area contributed by atoms with Gasteiger partial charge < -0.3 is 10.1 Å². The van der Waals surface area contributed by atoms with Crippen molar-refractivity contribution in [1.82, 2.24) is 14.8 Å². The monoisotopic (exact) mass is 280 g/mol. The van der Waals surface area contributed by atoms with Crippen LogP contribution in [0.1, 0.15) is 5.56 Å². The molecule has 0 aliphatic carbocycles. The van der Waals surface area contributed by atoms with E-state index in [1.807, 2.05) is 61.9 Å². The molecular formula is C16H16N4O. The van der Waals surface area contributed by atoms with Crippen molar-refractivity contribution in [2.75, 3.05) is 5.32 Å². The molecule has 3 rings (SSSR count). The highest BCUT2D eigenvalue weighted by Gasteiger charge is 2.00. The van der Waals surface area contributed by atoms with Crippen LogP contribution in [-0.2, 0) is 13.6 Å². The van der Waals surface area contributed by atoms with E-state index in [4.69, 9.17) is 4.74 Å². The quantitative estimate of drug-likeness (QED) is 0.779. The number of aryl methyl sites for hydroxylation is 1. The van der Waals surface area contributed by atoms with E-state index in [0.29, 0.717) is 12.3 Å². The average molecular weight is 280 g/mol. The Bertz CT molecular complexity index is 692. The average Bonchev–Trinajstić information content (AvgIpc) is 2.93. The molecule has 0 fully saturated rings. The van der Waals surface area contributed by atoms with Crippen molar-refractivity contribution < 1.29 is 4.74 Å². The van der Waals surface area contributed by atoms with Crippen molar-refractivity contribution in [2.45, 2.75) is 6.54 Å². The largest absolute Gasteiger partial charge is 0.456 e. The second-order valence-corrected chi connectivity index (χ2v) is 4.67. The van der Waals surface area contributed by atoms with Crippen LogP contribution in [0.5, 0.6) is 11.5 Å². The minimum atomic E-state index is 0.694. The van der Waals surface area contributed by atoms with Gasteiger partial charge in [-0.15, -0.1) is 0 Å². The molecule has 106 valence electrons. The molecule has 0 unspecified atom stereocenters. The number of nitrogens with one attached hydrogen (secondary N) is 1. The second-order valence-electron chi connectivity index (χ2n) is 4.67. The Morgan fingerprint density at radius 1 is 1.05 bits per heavy atom. The molecule has 5 heteroatoms. The maximum Gasteiger partial charge on any atom is 0.145 e. The van der Waals surface area contributed by atoms with Gasteiger partial charge in [-0.25, -0.2) is 4.98 Å². The molecule has 1 aromatic carbocycles. The van der Waals surface area contributed by atoms with Crippen molar-refractivity contribution in [3.8, 4) is 11.5 Å². The lowest BCUT2D eigenvalue weighted by molar-refractivity contribution is 0.480. The number of pyridine rings is 1. The summed E-state index contributed by atoms with van der Waals surface area (Å²) in [5, 5.41) is 7.37. The third-order valence-electron chi connectivity index (χ3n) is 2.95. The molecule has 2 heterocycles. The van der Waals surface area contributed by atoms with Gasteiger partial charge in [-0.1, -0.05) is 18.2 Å². The van der Waals surface area contributed by atoms with Crippen molar-refractivity contribution in [1.29, 1.82) is 0 Å². The molecule has 0 atom stereocenters. The lowest BCUT2D eigenvalue weighted by atomic mass is 10.3. The number of ether oxygens (including phenoxy) is 1. The Morgan fingerprint density at radius 3 is 2.57 bits per heavy atom. The third-order valence-corrected chi connectivity index (χ3v) is 2.95. The number of para-hydroxylation sites is 1. The summed E-state index contributed by atoms with van der Waals surface area (Å²) < 4.78 is 7.47. The molecule has 3 aromatic rings. The molecule has 0 amide bonds. The predicted octanol–water partition coefficient (Wildman–Crippen LogP) is 3.22. The van der Waals surface area contributed by atoms with Crippen molar-refractivity contribution in [2.24, 2.45) is 7.05 Å². The van der Waals surface area contributed by atoms with Gasteiger partial charge in [-0.2, -0.15) is 5.10 Å². The topological polar surface area (TPSA) is 52.0 Å². The Labute approximate surface area is 123 Å². The Balaban J connectivity index is 1.59. The molecule has 0 saturated heterocycles. The smallest absolute Gasteiger partial charge is 0.145 e. The molecular weight excluding hydrogens is 264 g/mol. The number of aromatic nitrogens is 3. The van der Waals surface area contributed by atoms with Crippen LogP contribution >= 0.6 is 0 Å². The first kappa shape index (κ1) is 13.2. The Morgan fingerprint density at radius 2 is 1.90 bits per heavy atom. The fraction of sp³-hybridized carbons (Fsp3) is 0.125. The number of rotatable bonds is 5. The number of benzene rings is 1. The van der Waals surface area contributed by atoms with Gasteiger partial charge in [0.15, 0.2) is 0 Å². The number of hydrogen-bond acceptors (Lipinski definition) is 4. The standard InChI is InChI=1S/C16H16N4O/c1-20-12-13(10-19-20)9-17-16-8-7-15(11-18-16)21-14-5-3-2-4-6-14/h2-8,10-12H,9H2,1H3,(H,17,18). The van der Waals surface area contributed by atoms with Gasteiger partial charge >= 0.3 is 0 Å². The van der Waals surface area contributed by atoms with E-state index >= 15 is 0 Å². The zero-order valence-corrected chi connectivity index (χ0v) is 11.7. The van der Waals surface area contributed by atoms with Crippen LogP contribution in [0, 0.1) is 0 Å². The van der Waals surface area contributed by atoms with Gasteiger partial charge in [0.2, 0.25) is 0 Å². The van der Waals surface area contributed by atoms with E-state index in [0.717, 1.165) is 17.1 Å². The van der Waals surface area contributed by atoms with E-state index in [1.54, 1.807) is 10.9 Å². The molecule has 0 radical (unpaired) electrons. The molecule has 2 aromatic heterocycles. The molecule has 0 aliphatic rings. The van der Waals surface area contributed by atoms with E-state index < -0.39 is 0 Å². The lowest BCUT2D eigenvalue weighted by Crippen LogP contribution is -2.00. The van der Waals surface area contributed by atoms with Gasteiger partial charge in [0.25, 0.3) is 0 Å². The molecule has 0 aliphatic heterocycles. The number of hydrogen-bond donors (Lipinski definition) is 1. The summed E-state index contributed by atoms with van der Waals surface area (Å²) in [5.41, 5.74) is 1.11. The summed E-state index contributed by atoms with van der Waals surface area (Å²) in [7, 11) is 1.90. The Kier molecular flexibility index (Phi) is 3.82. The molecule has 0 spiro atoms. The lowest BCUT2D eigenvalue weighted by Gasteiger charge is -2.07. The summed E-state index contributed by atoms with van der Waals surface area (Å²) in [6, 6.07) is 13.4. The minimum absolute atomic E-state index is 0.694. The second kappa shape index (κ2) is 6.09. The summed E-state index contributed by atoms with van der Waals surface area (Å²) in [5.74, 6) is 2.32. The minimum Gasteiger partial charge on any atom is -0.456 e. The van der Waals surface area contributed by atoms with Gasteiger partial charge in [0.1, 0.15) is 17.3 Å².